The molecule has 2 aromatic rings. The van der Waals surface area contributed by atoms with Crippen molar-refractivity contribution in [1.29, 1.82) is 0 Å². The summed E-state index contributed by atoms with van der Waals surface area (Å²) in [7, 11) is 0. The minimum Gasteiger partial charge on any atom is -0.310 e. The predicted molar refractivity (Wildman–Crippen MR) is 84.9 cm³/mol. The van der Waals surface area contributed by atoms with Crippen molar-refractivity contribution in [2.75, 3.05) is 4.90 Å². The fraction of sp³-hybridized carbons (Fsp3) is 0.158. The number of fused-ring (bicyclic) bond motifs is 2. The smallest absolute Gasteiger partial charge is 0.123 e. The molecule has 2 aromatic carbocycles. The van der Waals surface area contributed by atoms with Crippen LogP contribution < -0.4 is 4.90 Å². The highest BCUT2D eigenvalue weighted by Crippen LogP contribution is 2.43. The first kappa shape index (κ1) is 12.4. The van der Waals surface area contributed by atoms with E-state index < -0.39 is 0 Å². The van der Waals surface area contributed by atoms with Crippen molar-refractivity contribution in [3.05, 3.63) is 77.3 Å². The standard InChI is InChI=1S/C19H16FN/c20-16-9-11-17(12-10-16)21-18-7-3-1-5-14(18)13-15-6-2-4-8-19(15)21/h1,3,5,7-13H,2,4,6H2. The average Bonchev–Trinajstić information content (AvgIpc) is 2.53. The van der Waals surface area contributed by atoms with Crippen molar-refractivity contribution in [1.82, 2.24) is 0 Å². The maximum atomic E-state index is 13.2. The van der Waals surface area contributed by atoms with E-state index in [9.17, 15) is 4.39 Å². The normalized spacial score (nSPS) is 16.7. The van der Waals surface area contributed by atoms with Gasteiger partial charge in [-0.25, -0.2) is 4.39 Å². The average molecular weight is 277 g/mol. The van der Waals surface area contributed by atoms with Gasteiger partial charge in [0.05, 0.1) is 5.69 Å². The Kier molecular flexibility index (Phi) is 2.88. The topological polar surface area (TPSA) is 3.24 Å². The third-order valence-corrected chi connectivity index (χ3v) is 4.15. The van der Waals surface area contributed by atoms with Crippen LogP contribution in [0.5, 0.6) is 0 Å². The number of benzene rings is 2. The largest absolute Gasteiger partial charge is 0.310 e. The van der Waals surface area contributed by atoms with Crippen LogP contribution in [0.4, 0.5) is 15.8 Å². The zero-order chi connectivity index (χ0) is 14.2. The first-order valence-electron chi connectivity index (χ1n) is 7.39. The van der Waals surface area contributed by atoms with E-state index in [0.29, 0.717) is 0 Å². The molecule has 0 saturated heterocycles. The van der Waals surface area contributed by atoms with E-state index in [1.165, 1.54) is 41.1 Å². The van der Waals surface area contributed by atoms with E-state index in [4.69, 9.17) is 0 Å². The van der Waals surface area contributed by atoms with Gasteiger partial charge in [0.15, 0.2) is 0 Å². The first-order valence-corrected chi connectivity index (χ1v) is 7.39. The third kappa shape index (κ3) is 2.07. The summed E-state index contributed by atoms with van der Waals surface area (Å²) in [6, 6.07) is 15.1. The van der Waals surface area contributed by atoms with Crippen LogP contribution in [0.15, 0.2) is 65.9 Å². The third-order valence-electron chi connectivity index (χ3n) is 4.15. The Hall–Kier alpha value is -2.35. The zero-order valence-electron chi connectivity index (χ0n) is 11.7. The molecule has 0 bridgehead atoms. The van der Waals surface area contributed by atoms with Gasteiger partial charge in [-0.1, -0.05) is 24.3 Å². The Bertz CT molecular complexity index is 740. The molecule has 21 heavy (non-hydrogen) atoms. The Labute approximate surface area is 124 Å². The van der Waals surface area contributed by atoms with Gasteiger partial charge >= 0.3 is 0 Å². The van der Waals surface area contributed by atoms with Crippen LogP contribution in [0.3, 0.4) is 0 Å². The Morgan fingerprint density at radius 1 is 0.952 bits per heavy atom. The van der Waals surface area contributed by atoms with Crippen molar-refractivity contribution in [3.8, 4) is 0 Å². The summed E-state index contributed by atoms with van der Waals surface area (Å²) in [6.07, 6.45) is 8.01. The van der Waals surface area contributed by atoms with Crippen molar-refractivity contribution in [3.63, 3.8) is 0 Å². The SMILES string of the molecule is Fc1ccc(N2C3=CCCCC3=Cc3ccccc32)cc1. The summed E-state index contributed by atoms with van der Waals surface area (Å²) >= 11 is 0. The van der Waals surface area contributed by atoms with Gasteiger partial charge in [-0.2, -0.15) is 0 Å². The number of hydrogen-bond acceptors (Lipinski definition) is 1. The molecule has 0 fully saturated rings. The molecule has 1 aliphatic carbocycles. The number of para-hydroxylation sites is 1. The highest BCUT2D eigenvalue weighted by molar-refractivity contribution is 5.85. The van der Waals surface area contributed by atoms with Crippen molar-refractivity contribution in [2.24, 2.45) is 0 Å². The maximum Gasteiger partial charge on any atom is 0.123 e. The Morgan fingerprint density at radius 2 is 1.76 bits per heavy atom. The van der Waals surface area contributed by atoms with E-state index in [1.807, 2.05) is 12.1 Å². The van der Waals surface area contributed by atoms with Crippen LogP contribution >= 0.6 is 0 Å². The molecule has 0 radical (unpaired) electrons. The fourth-order valence-corrected chi connectivity index (χ4v) is 3.17. The molecule has 0 atom stereocenters. The van der Waals surface area contributed by atoms with E-state index in [0.717, 1.165) is 18.5 Å². The molecule has 1 aliphatic heterocycles. The molecule has 0 spiro atoms. The molecule has 1 heterocycles. The van der Waals surface area contributed by atoms with E-state index in [2.05, 4.69) is 41.3 Å². The fourth-order valence-electron chi connectivity index (χ4n) is 3.17. The molecule has 4 rings (SSSR count). The molecule has 0 unspecified atom stereocenters. The van der Waals surface area contributed by atoms with Crippen LogP contribution in [0.2, 0.25) is 0 Å². The minimum atomic E-state index is -0.197. The van der Waals surface area contributed by atoms with Crippen LogP contribution in [0.1, 0.15) is 24.8 Å². The summed E-state index contributed by atoms with van der Waals surface area (Å²) in [4.78, 5) is 2.25. The van der Waals surface area contributed by atoms with Gasteiger partial charge in [0.2, 0.25) is 0 Å². The lowest BCUT2D eigenvalue weighted by Crippen LogP contribution is -2.23. The maximum absolute atomic E-state index is 13.2. The quantitative estimate of drug-likeness (QED) is 0.672. The van der Waals surface area contributed by atoms with Crippen LogP contribution in [0, 0.1) is 5.82 Å². The van der Waals surface area contributed by atoms with Crippen LogP contribution in [0.25, 0.3) is 6.08 Å². The van der Waals surface area contributed by atoms with Gasteiger partial charge in [-0.3, -0.25) is 0 Å². The van der Waals surface area contributed by atoms with Gasteiger partial charge < -0.3 is 4.90 Å². The molecule has 104 valence electrons. The van der Waals surface area contributed by atoms with Crippen molar-refractivity contribution < 1.29 is 4.39 Å². The Balaban J connectivity index is 1.92. The van der Waals surface area contributed by atoms with Gasteiger partial charge in [0, 0.05) is 11.4 Å². The highest BCUT2D eigenvalue weighted by Gasteiger charge is 2.25. The molecule has 0 saturated carbocycles. The zero-order valence-corrected chi connectivity index (χ0v) is 11.7. The number of halogens is 1. The van der Waals surface area contributed by atoms with E-state index >= 15 is 0 Å². The molecule has 0 amide bonds. The van der Waals surface area contributed by atoms with Crippen molar-refractivity contribution in [2.45, 2.75) is 19.3 Å². The summed E-state index contributed by atoms with van der Waals surface area (Å²) in [5, 5.41) is 0. The van der Waals surface area contributed by atoms with Gasteiger partial charge in [0.1, 0.15) is 5.82 Å². The van der Waals surface area contributed by atoms with E-state index in [-0.39, 0.29) is 5.82 Å². The van der Waals surface area contributed by atoms with Crippen LogP contribution in [-0.2, 0) is 0 Å². The lowest BCUT2D eigenvalue weighted by molar-refractivity contribution is 0.628. The molecule has 2 aliphatic rings. The lowest BCUT2D eigenvalue weighted by Gasteiger charge is -2.35. The summed E-state index contributed by atoms with van der Waals surface area (Å²) in [5.74, 6) is -0.197. The molecular weight excluding hydrogens is 261 g/mol. The van der Waals surface area contributed by atoms with Gasteiger partial charge in [0.25, 0.3) is 0 Å². The predicted octanol–water partition coefficient (Wildman–Crippen LogP) is 5.43. The molecule has 0 aromatic heterocycles. The number of rotatable bonds is 1. The second kappa shape index (κ2) is 4.88. The van der Waals surface area contributed by atoms with Gasteiger partial charge in [-0.05, 0) is 66.8 Å². The Morgan fingerprint density at radius 3 is 2.62 bits per heavy atom. The monoisotopic (exact) mass is 277 g/mol. The van der Waals surface area contributed by atoms with E-state index in [1.54, 1.807) is 0 Å². The number of anilines is 2. The highest BCUT2D eigenvalue weighted by atomic mass is 19.1. The summed E-state index contributed by atoms with van der Waals surface area (Å²) < 4.78 is 13.2. The molecule has 0 N–H and O–H groups in total. The number of hydrogen-bond donors (Lipinski definition) is 0. The molecular formula is C19H16FN. The lowest BCUT2D eigenvalue weighted by atomic mass is 9.90. The number of nitrogens with zero attached hydrogens (tertiary/aromatic N) is 1. The number of allylic oxidation sites excluding steroid dienone is 2. The molecule has 2 heteroatoms. The second-order valence-corrected chi connectivity index (χ2v) is 5.52. The second-order valence-electron chi connectivity index (χ2n) is 5.52. The first-order chi connectivity index (χ1) is 10.3. The minimum absolute atomic E-state index is 0.197. The van der Waals surface area contributed by atoms with Crippen molar-refractivity contribution >= 4 is 17.5 Å². The summed E-state index contributed by atoms with van der Waals surface area (Å²) in [6.45, 7) is 0. The summed E-state index contributed by atoms with van der Waals surface area (Å²) in [5.41, 5.74) is 6.05. The van der Waals surface area contributed by atoms with Crippen LogP contribution in [-0.4, -0.2) is 0 Å². The molecule has 1 nitrogen and oxygen atoms in total. The van der Waals surface area contributed by atoms with Gasteiger partial charge in [-0.15, -0.1) is 0 Å².